The van der Waals surface area contributed by atoms with Crippen molar-refractivity contribution in [3.8, 4) is 0 Å². The quantitative estimate of drug-likeness (QED) is 0.432. The van der Waals surface area contributed by atoms with Gasteiger partial charge in [-0.05, 0) is 14.1 Å². The van der Waals surface area contributed by atoms with Gasteiger partial charge in [0.05, 0.1) is 0 Å². The lowest BCUT2D eigenvalue weighted by Gasteiger charge is -2.07. The second-order valence-electron chi connectivity index (χ2n) is 3.48. The van der Waals surface area contributed by atoms with E-state index in [2.05, 4.69) is 10.1 Å². The first-order valence-electron chi connectivity index (χ1n) is 4.82. The molecule has 8 heteroatoms. The molecule has 0 aliphatic carbocycles. The smallest absolute Gasteiger partial charge is 0.294 e. The van der Waals surface area contributed by atoms with Gasteiger partial charge in [-0.25, -0.2) is 4.98 Å². The largest absolute Gasteiger partial charge is 0.394 e. The number of oxime groups is 1. The minimum Gasteiger partial charge on any atom is -0.394 e. The summed E-state index contributed by atoms with van der Waals surface area (Å²) in [5.41, 5.74) is 12.7. The Hall–Kier alpha value is -1.67. The maximum Gasteiger partial charge on any atom is 0.294 e. The van der Waals surface area contributed by atoms with E-state index in [0.717, 1.165) is 0 Å². The number of aromatic nitrogens is 1. The van der Waals surface area contributed by atoms with Crippen molar-refractivity contribution in [1.29, 1.82) is 0 Å². The minimum absolute atomic E-state index is 0.128. The zero-order chi connectivity index (χ0) is 12.8. The Morgan fingerprint density at radius 1 is 1.71 bits per heavy atom. The number of carbonyl (C=O) groups is 1. The summed E-state index contributed by atoms with van der Waals surface area (Å²) in [5.74, 6) is -0.944. The van der Waals surface area contributed by atoms with Gasteiger partial charge in [0.15, 0.2) is 10.8 Å². The Kier molecular flexibility index (Phi) is 4.85. The highest BCUT2D eigenvalue weighted by Crippen LogP contribution is 2.12. The van der Waals surface area contributed by atoms with Gasteiger partial charge in [-0.1, -0.05) is 5.16 Å². The lowest BCUT2D eigenvalue weighted by Crippen LogP contribution is -2.20. The van der Waals surface area contributed by atoms with E-state index in [9.17, 15) is 4.79 Å². The summed E-state index contributed by atoms with van der Waals surface area (Å²) in [4.78, 5) is 21.8. The van der Waals surface area contributed by atoms with Crippen LogP contribution in [0.5, 0.6) is 0 Å². The summed E-state index contributed by atoms with van der Waals surface area (Å²) in [7, 11) is 3.79. The summed E-state index contributed by atoms with van der Waals surface area (Å²) in [6, 6.07) is 0. The molecular weight excluding hydrogens is 242 g/mol. The molecule has 0 aliphatic heterocycles. The van der Waals surface area contributed by atoms with Gasteiger partial charge < -0.3 is 15.5 Å². The van der Waals surface area contributed by atoms with Crippen LogP contribution in [0.15, 0.2) is 10.5 Å². The second-order valence-corrected chi connectivity index (χ2v) is 4.37. The molecule has 1 heterocycles. The van der Waals surface area contributed by atoms with Gasteiger partial charge in [-0.2, -0.15) is 0 Å². The topological polar surface area (TPSA) is 105 Å². The maximum atomic E-state index is 11.1. The van der Waals surface area contributed by atoms with Crippen LogP contribution in [-0.2, 0) is 9.63 Å². The monoisotopic (exact) mass is 256 g/mol. The van der Waals surface area contributed by atoms with E-state index in [0.29, 0.717) is 18.3 Å². The predicted molar refractivity (Wildman–Crippen MR) is 65.7 cm³/mol. The van der Waals surface area contributed by atoms with Gasteiger partial charge >= 0.3 is 0 Å². The zero-order valence-corrected chi connectivity index (χ0v) is 10.5. The molecule has 0 fully saturated rings. The number of hydrogen-bond acceptors (Lipinski definition) is 7. The van der Waals surface area contributed by atoms with Crippen molar-refractivity contribution in [3.63, 3.8) is 0 Å². The summed E-state index contributed by atoms with van der Waals surface area (Å²) < 4.78 is 0. The fraction of sp³-hybridized carbons (Fsp3) is 0.444. The van der Waals surface area contributed by atoms with Crippen molar-refractivity contribution in [2.45, 2.75) is 0 Å². The summed E-state index contributed by atoms with van der Waals surface area (Å²) in [6.45, 7) is 1.01. The second kappa shape index (κ2) is 6.16. The van der Waals surface area contributed by atoms with Crippen LogP contribution in [0.25, 0.3) is 0 Å². The van der Waals surface area contributed by atoms with E-state index in [4.69, 9.17) is 16.3 Å². The molecule has 0 bridgehead atoms. The third-order valence-corrected chi connectivity index (χ3v) is 2.44. The molecule has 1 amide bonds. The lowest BCUT2D eigenvalue weighted by atomic mass is 10.3. The van der Waals surface area contributed by atoms with Crippen molar-refractivity contribution in [2.24, 2.45) is 5.16 Å². The van der Waals surface area contributed by atoms with Crippen molar-refractivity contribution in [2.75, 3.05) is 33.0 Å². The van der Waals surface area contributed by atoms with Gasteiger partial charge in [-0.15, -0.1) is 11.3 Å². The van der Waals surface area contributed by atoms with Crippen molar-refractivity contribution in [3.05, 3.63) is 11.1 Å². The molecule has 0 atom stereocenters. The standard InChI is InChI=1S/C9H14N5O2S/c1-14(2)3-4-16-13-7(8(10)15)6-5-17-9(11)12-6/h5,10H,3-4H2,1-2H3,(H2,11,12). The molecule has 0 aromatic carbocycles. The van der Waals surface area contributed by atoms with Crippen LogP contribution >= 0.6 is 11.3 Å². The first kappa shape index (κ1) is 13.4. The number of nitrogens with zero attached hydrogens (tertiary/aromatic N) is 3. The van der Waals surface area contributed by atoms with E-state index in [1.807, 2.05) is 19.0 Å². The molecule has 7 nitrogen and oxygen atoms in total. The molecule has 17 heavy (non-hydrogen) atoms. The molecule has 0 unspecified atom stereocenters. The highest BCUT2D eigenvalue weighted by atomic mass is 32.1. The Balaban J connectivity index is 2.66. The molecule has 0 saturated heterocycles. The number of nitrogen functional groups attached to an aromatic ring is 1. The molecule has 0 saturated carbocycles. The number of hydrogen-bond donors (Lipinski definition) is 1. The van der Waals surface area contributed by atoms with E-state index < -0.39 is 5.91 Å². The normalized spacial score (nSPS) is 11.8. The van der Waals surface area contributed by atoms with Crippen LogP contribution in [0.2, 0.25) is 0 Å². The van der Waals surface area contributed by atoms with Gasteiger partial charge in [0, 0.05) is 11.9 Å². The number of nitrogens with one attached hydrogen (secondary N) is 1. The highest BCUT2D eigenvalue weighted by molar-refractivity contribution is 7.13. The van der Waals surface area contributed by atoms with Crippen LogP contribution in [0.1, 0.15) is 5.69 Å². The van der Waals surface area contributed by atoms with Crippen LogP contribution in [0.3, 0.4) is 0 Å². The fourth-order valence-electron chi connectivity index (χ4n) is 0.935. The van der Waals surface area contributed by atoms with Crippen LogP contribution in [0, 0.1) is 0 Å². The number of anilines is 1. The zero-order valence-electron chi connectivity index (χ0n) is 9.64. The summed E-state index contributed by atoms with van der Waals surface area (Å²) >= 11 is 1.18. The number of carbonyl (C=O) groups excluding carboxylic acids is 1. The average Bonchev–Trinajstić information content (AvgIpc) is 2.63. The van der Waals surface area contributed by atoms with E-state index in [1.54, 1.807) is 5.38 Å². The molecule has 1 rings (SSSR count). The summed E-state index contributed by atoms with van der Waals surface area (Å²) in [5, 5.41) is 5.51. The third kappa shape index (κ3) is 4.37. The van der Waals surface area contributed by atoms with Gasteiger partial charge in [-0.3, -0.25) is 10.5 Å². The Bertz CT molecular complexity index is 415. The molecule has 93 valence electrons. The average molecular weight is 256 g/mol. The Morgan fingerprint density at radius 3 is 2.88 bits per heavy atom. The fourth-order valence-corrected chi connectivity index (χ4v) is 1.48. The lowest BCUT2D eigenvalue weighted by molar-refractivity contribution is -0.112. The molecule has 1 aromatic heterocycles. The van der Waals surface area contributed by atoms with Crippen molar-refractivity contribution >= 4 is 28.1 Å². The minimum atomic E-state index is -0.944. The first-order valence-corrected chi connectivity index (χ1v) is 5.70. The first-order chi connectivity index (χ1) is 8.00. The van der Waals surface area contributed by atoms with Crippen molar-refractivity contribution < 1.29 is 9.63 Å². The molecular formula is C9H14N5O2S. The molecule has 0 spiro atoms. The SMILES string of the molecule is CN(C)CCON=C(C([NH])=O)c1csc(N)n1. The number of thiazole rings is 1. The van der Waals surface area contributed by atoms with Gasteiger partial charge in [0.2, 0.25) is 0 Å². The molecule has 3 N–H and O–H groups in total. The maximum absolute atomic E-state index is 11.1. The van der Waals surface area contributed by atoms with E-state index in [1.165, 1.54) is 11.3 Å². The van der Waals surface area contributed by atoms with Crippen molar-refractivity contribution in [1.82, 2.24) is 15.6 Å². The number of nitrogens with two attached hydrogens (primary N) is 1. The number of rotatable bonds is 6. The molecule has 1 radical (unpaired) electrons. The molecule has 1 aromatic rings. The van der Waals surface area contributed by atoms with Crippen LogP contribution in [0.4, 0.5) is 5.13 Å². The Morgan fingerprint density at radius 2 is 2.41 bits per heavy atom. The highest BCUT2D eigenvalue weighted by Gasteiger charge is 2.15. The van der Waals surface area contributed by atoms with Crippen LogP contribution in [-0.4, -0.2) is 48.7 Å². The third-order valence-electron chi connectivity index (χ3n) is 1.77. The molecule has 0 aliphatic rings. The van der Waals surface area contributed by atoms with Gasteiger partial charge in [0.25, 0.3) is 5.91 Å². The van der Waals surface area contributed by atoms with E-state index in [-0.39, 0.29) is 11.4 Å². The van der Waals surface area contributed by atoms with Gasteiger partial charge in [0.1, 0.15) is 12.3 Å². The van der Waals surface area contributed by atoms with E-state index >= 15 is 0 Å². The number of amides is 1. The number of likely N-dealkylation sites (N-methyl/N-ethyl adjacent to an activating group) is 1. The van der Waals surface area contributed by atoms with Crippen LogP contribution < -0.4 is 11.5 Å². The summed E-state index contributed by atoms with van der Waals surface area (Å²) in [6.07, 6.45) is 0. The Labute approximate surface area is 103 Å². The predicted octanol–water partition coefficient (Wildman–Crippen LogP) is -0.183.